The molecule has 1 rings (SSSR count). The van der Waals surface area contributed by atoms with E-state index in [0.29, 0.717) is 0 Å². The van der Waals surface area contributed by atoms with E-state index in [4.69, 9.17) is 0 Å². The molecule has 0 atom stereocenters. The van der Waals surface area contributed by atoms with Crippen molar-refractivity contribution in [2.75, 3.05) is 0 Å². The van der Waals surface area contributed by atoms with Crippen molar-refractivity contribution in [1.82, 2.24) is 0 Å². The van der Waals surface area contributed by atoms with Crippen molar-refractivity contribution >= 4 is 0 Å². The Morgan fingerprint density at radius 3 is 1.62 bits per heavy atom. The fraction of sp³-hybridized carbons (Fsp3) is 0.250. The van der Waals surface area contributed by atoms with Crippen LogP contribution >= 0.6 is 0 Å². The Bertz CT molecular complexity index is 161. The highest BCUT2D eigenvalue weighted by Crippen LogP contribution is 2.02. The summed E-state index contributed by atoms with van der Waals surface area (Å²) in [5.74, 6) is 0. The van der Waals surface area contributed by atoms with Gasteiger partial charge in [0, 0.05) is 0 Å². The van der Waals surface area contributed by atoms with Gasteiger partial charge in [0.1, 0.15) is 0 Å². The summed E-state index contributed by atoms with van der Waals surface area (Å²) in [6.07, 6.45) is 0. The van der Waals surface area contributed by atoms with Gasteiger partial charge in [-0.25, -0.2) is 0 Å². The van der Waals surface area contributed by atoms with E-state index in [2.05, 4.69) is 38.1 Å². The molecule has 0 aliphatic heterocycles. The third-order valence-electron chi connectivity index (χ3n) is 1.43. The molecule has 0 bridgehead atoms. The van der Waals surface area contributed by atoms with Crippen LogP contribution in [0.15, 0.2) is 24.3 Å². The largest absolute Gasteiger partial charge is 1.00 e. The molecular weight excluding hydrogens is 96.1 g/mol. The van der Waals surface area contributed by atoms with E-state index in [1.807, 2.05) is 0 Å². The molecule has 0 saturated carbocycles. The van der Waals surface area contributed by atoms with Crippen molar-refractivity contribution < 1.29 is 1.43 Å². The second-order valence-corrected chi connectivity index (χ2v) is 2.08. The molecule has 8 heavy (non-hydrogen) atoms. The average Bonchev–Trinajstić information content (AvgIpc) is 1.77. The van der Waals surface area contributed by atoms with Crippen LogP contribution in [0.25, 0.3) is 0 Å². The number of hydrogen-bond acceptors (Lipinski definition) is 0. The first-order chi connectivity index (χ1) is 3.80. The molecule has 42 valence electrons. The third kappa shape index (κ3) is 0.890. The molecule has 0 aromatic heterocycles. The lowest BCUT2D eigenvalue weighted by atomic mass is 10.1. The van der Waals surface area contributed by atoms with E-state index in [9.17, 15) is 0 Å². The molecule has 0 unspecified atom stereocenters. The zero-order valence-corrected chi connectivity index (χ0v) is 5.31. The van der Waals surface area contributed by atoms with E-state index in [1.54, 1.807) is 0 Å². The smallest absolute Gasteiger partial charge is 0.0620 e. The SMILES string of the molecule is Cc1ccccc1C.[H+]. The second-order valence-electron chi connectivity index (χ2n) is 2.08. The molecule has 0 nitrogen and oxygen atoms in total. The van der Waals surface area contributed by atoms with Crippen molar-refractivity contribution in [2.24, 2.45) is 0 Å². The van der Waals surface area contributed by atoms with E-state index in [1.165, 1.54) is 11.1 Å². The first kappa shape index (κ1) is 5.36. The predicted molar refractivity (Wildman–Crippen MR) is 37.0 cm³/mol. The Hall–Kier alpha value is -0.780. The Balaban J connectivity index is 0.000000640. The van der Waals surface area contributed by atoms with Gasteiger partial charge < -0.3 is 0 Å². The molecule has 1 aromatic rings. The van der Waals surface area contributed by atoms with Crippen LogP contribution in [0.3, 0.4) is 0 Å². The summed E-state index contributed by atoms with van der Waals surface area (Å²) in [6, 6.07) is 8.36. The minimum Gasteiger partial charge on any atom is -0.0620 e. The van der Waals surface area contributed by atoms with E-state index in [0.717, 1.165) is 0 Å². The van der Waals surface area contributed by atoms with Crippen LogP contribution in [-0.2, 0) is 0 Å². The predicted octanol–water partition coefficient (Wildman–Crippen LogP) is 2.42. The molecule has 0 radical (unpaired) electrons. The summed E-state index contributed by atoms with van der Waals surface area (Å²) in [4.78, 5) is 0. The first-order valence-corrected chi connectivity index (χ1v) is 2.83. The highest BCUT2D eigenvalue weighted by molar-refractivity contribution is 5.23. The molecule has 0 spiro atoms. The number of benzene rings is 1. The van der Waals surface area contributed by atoms with Crippen molar-refractivity contribution in [3.8, 4) is 0 Å². The number of aryl methyl sites for hydroxylation is 2. The van der Waals surface area contributed by atoms with Crippen molar-refractivity contribution in [1.29, 1.82) is 0 Å². The van der Waals surface area contributed by atoms with Gasteiger partial charge in [0.05, 0.1) is 0 Å². The Morgan fingerprint density at radius 2 is 1.38 bits per heavy atom. The topological polar surface area (TPSA) is 0 Å². The average molecular weight is 107 g/mol. The maximum atomic E-state index is 2.12. The standard InChI is InChI=1S/C8H10/c1-7-5-3-4-6-8(7)2/h3-6H,1-2H3/p+1. The molecule has 0 aliphatic rings. The minimum atomic E-state index is 0. The molecule has 0 heteroatoms. The van der Waals surface area contributed by atoms with Crippen LogP contribution in [0.2, 0.25) is 0 Å². The van der Waals surface area contributed by atoms with Gasteiger partial charge in [-0.05, 0) is 25.0 Å². The Morgan fingerprint density at radius 1 is 1.00 bits per heavy atom. The van der Waals surface area contributed by atoms with Gasteiger partial charge in [-0.2, -0.15) is 0 Å². The second kappa shape index (κ2) is 1.99. The van der Waals surface area contributed by atoms with Crippen molar-refractivity contribution in [3.63, 3.8) is 0 Å². The maximum absolute atomic E-state index is 2.12. The van der Waals surface area contributed by atoms with Crippen molar-refractivity contribution in [2.45, 2.75) is 13.8 Å². The summed E-state index contributed by atoms with van der Waals surface area (Å²) in [5.41, 5.74) is 2.74. The zero-order valence-electron chi connectivity index (χ0n) is 6.31. The molecule has 0 saturated heterocycles. The first-order valence-electron chi connectivity index (χ1n) is 2.83. The summed E-state index contributed by atoms with van der Waals surface area (Å²) in [5, 5.41) is 0. The minimum absolute atomic E-state index is 0. The molecular formula is C8H11+. The fourth-order valence-electron chi connectivity index (χ4n) is 0.663. The van der Waals surface area contributed by atoms with Crippen LogP contribution < -0.4 is 0 Å². The van der Waals surface area contributed by atoms with Gasteiger partial charge in [-0.3, -0.25) is 0 Å². The van der Waals surface area contributed by atoms with Gasteiger partial charge >= 0.3 is 1.43 Å². The van der Waals surface area contributed by atoms with Gasteiger partial charge in [0.2, 0.25) is 0 Å². The quantitative estimate of drug-likeness (QED) is 0.477. The maximum Gasteiger partial charge on any atom is 1.00 e. The lowest BCUT2D eigenvalue weighted by Crippen LogP contribution is -1.74. The van der Waals surface area contributed by atoms with Gasteiger partial charge in [-0.15, -0.1) is 0 Å². The molecule has 0 amide bonds. The Kier molecular flexibility index (Phi) is 1.34. The summed E-state index contributed by atoms with van der Waals surface area (Å²) < 4.78 is 0. The van der Waals surface area contributed by atoms with E-state index in [-0.39, 0.29) is 1.43 Å². The van der Waals surface area contributed by atoms with Crippen LogP contribution in [0.5, 0.6) is 0 Å². The molecule has 1 aromatic carbocycles. The highest BCUT2D eigenvalue weighted by atomic mass is 13.9. The molecule has 0 N–H and O–H groups in total. The van der Waals surface area contributed by atoms with E-state index < -0.39 is 0 Å². The molecule has 0 heterocycles. The van der Waals surface area contributed by atoms with Crippen molar-refractivity contribution in [3.05, 3.63) is 35.4 Å². The van der Waals surface area contributed by atoms with Crippen LogP contribution in [-0.4, -0.2) is 0 Å². The molecule has 0 fully saturated rings. The summed E-state index contributed by atoms with van der Waals surface area (Å²) in [7, 11) is 0. The fourth-order valence-corrected chi connectivity index (χ4v) is 0.663. The summed E-state index contributed by atoms with van der Waals surface area (Å²) in [6.45, 7) is 4.24. The molecule has 0 aliphatic carbocycles. The Labute approximate surface area is 51.6 Å². The number of rotatable bonds is 0. The van der Waals surface area contributed by atoms with E-state index >= 15 is 0 Å². The third-order valence-corrected chi connectivity index (χ3v) is 1.43. The van der Waals surface area contributed by atoms with Gasteiger partial charge in [-0.1, -0.05) is 24.3 Å². The van der Waals surface area contributed by atoms with Crippen LogP contribution in [0, 0.1) is 13.8 Å². The lowest BCUT2D eigenvalue weighted by molar-refractivity contribution is 1.34. The van der Waals surface area contributed by atoms with Gasteiger partial charge in [0.15, 0.2) is 0 Å². The normalized spacial score (nSPS) is 9.25. The zero-order chi connectivity index (χ0) is 5.98. The highest BCUT2D eigenvalue weighted by Gasteiger charge is 1.83. The van der Waals surface area contributed by atoms with Gasteiger partial charge in [0.25, 0.3) is 0 Å². The van der Waals surface area contributed by atoms with Crippen LogP contribution in [0.1, 0.15) is 12.6 Å². The summed E-state index contributed by atoms with van der Waals surface area (Å²) >= 11 is 0. The lowest BCUT2D eigenvalue weighted by Gasteiger charge is -1.93. The number of hydrogen-bond donors (Lipinski definition) is 0. The van der Waals surface area contributed by atoms with Crippen LogP contribution in [0.4, 0.5) is 0 Å². The monoisotopic (exact) mass is 107 g/mol.